The Bertz CT molecular complexity index is 508. The second-order valence-electron chi connectivity index (χ2n) is 4.95. The summed E-state index contributed by atoms with van der Waals surface area (Å²) in [5, 5.41) is 3.69. The third-order valence-electron chi connectivity index (χ3n) is 3.74. The van der Waals surface area contributed by atoms with Crippen LogP contribution in [0.4, 0.5) is 5.69 Å². The average molecular weight is 294 g/mol. The van der Waals surface area contributed by atoms with Crippen molar-refractivity contribution in [2.75, 3.05) is 5.32 Å². The average Bonchev–Trinajstić information content (AvgIpc) is 2.81. The van der Waals surface area contributed by atoms with Gasteiger partial charge in [0, 0.05) is 0 Å². The number of fused-ring (bicyclic) bond motifs is 1. The van der Waals surface area contributed by atoms with E-state index < -0.39 is 0 Å². The van der Waals surface area contributed by atoms with E-state index in [1.807, 2.05) is 0 Å². The van der Waals surface area contributed by atoms with Crippen LogP contribution in [-0.2, 0) is 0 Å². The molecule has 1 N–H and O–H groups in total. The van der Waals surface area contributed by atoms with Crippen molar-refractivity contribution in [1.82, 2.24) is 7.96 Å². The maximum absolute atomic E-state index is 4.52. The third-order valence-corrected chi connectivity index (χ3v) is 4.88. The van der Waals surface area contributed by atoms with Crippen LogP contribution >= 0.6 is 0 Å². The fraction of sp³-hybridized carbons (Fsp3) is 0.538. The maximum atomic E-state index is 4.52. The van der Waals surface area contributed by atoms with Crippen molar-refractivity contribution >= 4 is 31.7 Å². The predicted octanol–water partition coefficient (Wildman–Crippen LogP) is 2.68. The fourth-order valence-corrected chi connectivity index (χ4v) is 3.81. The summed E-state index contributed by atoms with van der Waals surface area (Å²) in [6.07, 6.45) is 5.36. The topological polar surface area (TPSA) is 37.8 Å². The van der Waals surface area contributed by atoms with E-state index >= 15 is 0 Å². The molecule has 0 saturated heterocycles. The van der Waals surface area contributed by atoms with E-state index in [1.165, 1.54) is 31.4 Å². The van der Waals surface area contributed by atoms with Crippen LogP contribution in [0, 0.1) is 5.92 Å². The number of hydrogen-bond donors (Lipinski definition) is 1. The summed E-state index contributed by atoms with van der Waals surface area (Å²) < 4.78 is 8.95. The molecular weight excluding hydrogens is 277 g/mol. The monoisotopic (exact) mass is 295 g/mol. The van der Waals surface area contributed by atoms with Crippen LogP contribution in [0.3, 0.4) is 0 Å². The molecule has 0 aliphatic heterocycles. The van der Waals surface area contributed by atoms with E-state index in [0.717, 1.165) is 17.0 Å². The Kier molecular flexibility index (Phi) is 3.17. The van der Waals surface area contributed by atoms with Gasteiger partial charge in [-0.05, 0) is 0 Å². The van der Waals surface area contributed by atoms with Gasteiger partial charge in [-0.2, -0.15) is 0 Å². The standard InChI is InChI=1S/C13H17N3Se/c1-9-5-2-3-6-10(9)14-11-7-4-8-12-13(11)16-17-15-12/h4,7-10,14H,2-3,5-6H2,1H3. The molecule has 0 amide bonds. The molecule has 3 rings (SSSR count). The molecule has 1 heterocycles. The van der Waals surface area contributed by atoms with Gasteiger partial charge in [-0.1, -0.05) is 0 Å². The Morgan fingerprint density at radius 1 is 1.24 bits per heavy atom. The van der Waals surface area contributed by atoms with Gasteiger partial charge in [0.15, 0.2) is 0 Å². The molecular formula is C13H17N3Se. The van der Waals surface area contributed by atoms with Crippen molar-refractivity contribution < 1.29 is 0 Å². The number of rotatable bonds is 2. The molecule has 0 bridgehead atoms. The first-order valence-electron chi connectivity index (χ1n) is 6.32. The molecule has 0 spiro atoms. The second kappa shape index (κ2) is 4.79. The van der Waals surface area contributed by atoms with E-state index in [-0.39, 0.29) is 15.0 Å². The van der Waals surface area contributed by atoms with Gasteiger partial charge in [0.1, 0.15) is 0 Å². The number of nitrogens with one attached hydrogen (secondary N) is 1. The molecule has 1 aliphatic carbocycles. The quantitative estimate of drug-likeness (QED) is 0.865. The first-order valence-corrected chi connectivity index (χ1v) is 7.85. The minimum absolute atomic E-state index is 0.0678. The molecule has 1 fully saturated rings. The first-order chi connectivity index (χ1) is 8.34. The number of benzene rings is 1. The van der Waals surface area contributed by atoms with Crippen LogP contribution in [-0.4, -0.2) is 29.0 Å². The molecule has 0 radical (unpaired) electrons. The Morgan fingerprint density at radius 3 is 3.00 bits per heavy atom. The number of aromatic nitrogens is 2. The Morgan fingerprint density at radius 2 is 2.12 bits per heavy atom. The zero-order valence-corrected chi connectivity index (χ0v) is 11.7. The molecule has 1 aromatic heterocycles. The van der Waals surface area contributed by atoms with Crippen molar-refractivity contribution in [1.29, 1.82) is 0 Å². The number of anilines is 1. The number of hydrogen-bond acceptors (Lipinski definition) is 3. The molecule has 90 valence electrons. The van der Waals surface area contributed by atoms with Crippen LogP contribution in [0.25, 0.3) is 11.0 Å². The molecule has 1 saturated carbocycles. The van der Waals surface area contributed by atoms with Crippen LogP contribution in [0.5, 0.6) is 0 Å². The summed E-state index contributed by atoms with van der Waals surface area (Å²) in [4.78, 5) is 0. The minimum atomic E-state index is 0.0678. The van der Waals surface area contributed by atoms with E-state index in [2.05, 4.69) is 38.4 Å². The number of nitrogens with zero attached hydrogens (tertiary/aromatic N) is 2. The molecule has 2 unspecified atom stereocenters. The van der Waals surface area contributed by atoms with Crippen molar-refractivity contribution in [3.63, 3.8) is 0 Å². The van der Waals surface area contributed by atoms with Crippen molar-refractivity contribution in [3.8, 4) is 0 Å². The van der Waals surface area contributed by atoms with Gasteiger partial charge in [0.25, 0.3) is 0 Å². The van der Waals surface area contributed by atoms with E-state index in [1.54, 1.807) is 0 Å². The summed E-state index contributed by atoms with van der Waals surface area (Å²) in [6, 6.07) is 6.89. The normalized spacial score (nSPS) is 25.0. The molecule has 2 atom stereocenters. The van der Waals surface area contributed by atoms with Gasteiger partial charge in [0.2, 0.25) is 0 Å². The second-order valence-corrected chi connectivity index (χ2v) is 6.06. The van der Waals surface area contributed by atoms with E-state index in [4.69, 9.17) is 0 Å². The third kappa shape index (κ3) is 2.24. The van der Waals surface area contributed by atoms with E-state index in [0.29, 0.717) is 6.04 Å². The van der Waals surface area contributed by atoms with Gasteiger partial charge < -0.3 is 0 Å². The molecule has 17 heavy (non-hydrogen) atoms. The molecule has 2 aromatic rings. The van der Waals surface area contributed by atoms with Crippen LogP contribution < -0.4 is 5.32 Å². The summed E-state index contributed by atoms with van der Waals surface area (Å²) in [7, 11) is 0. The zero-order valence-electron chi connectivity index (χ0n) is 10.0. The van der Waals surface area contributed by atoms with Crippen molar-refractivity contribution in [3.05, 3.63) is 18.2 Å². The van der Waals surface area contributed by atoms with Crippen LogP contribution in [0.1, 0.15) is 32.6 Å². The zero-order chi connectivity index (χ0) is 11.7. The van der Waals surface area contributed by atoms with Gasteiger partial charge in [-0.3, -0.25) is 0 Å². The van der Waals surface area contributed by atoms with Gasteiger partial charge in [-0.25, -0.2) is 0 Å². The fourth-order valence-electron chi connectivity index (χ4n) is 2.65. The van der Waals surface area contributed by atoms with Crippen molar-refractivity contribution in [2.45, 2.75) is 38.6 Å². The molecule has 4 heteroatoms. The summed E-state index contributed by atoms with van der Waals surface area (Å²) in [5.41, 5.74) is 3.34. The molecule has 1 aromatic carbocycles. The summed E-state index contributed by atoms with van der Waals surface area (Å²) >= 11 is 0.0678. The molecule has 3 nitrogen and oxygen atoms in total. The van der Waals surface area contributed by atoms with Gasteiger partial charge in [-0.15, -0.1) is 0 Å². The van der Waals surface area contributed by atoms with Crippen LogP contribution in [0.15, 0.2) is 18.2 Å². The Balaban J connectivity index is 1.86. The summed E-state index contributed by atoms with van der Waals surface area (Å²) in [6.45, 7) is 2.35. The SMILES string of the molecule is CC1CCCCC1Nc1cccc2n[se]nc12. The van der Waals surface area contributed by atoms with E-state index in [9.17, 15) is 0 Å². The first kappa shape index (κ1) is 11.2. The predicted molar refractivity (Wildman–Crippen MR) is 71.5 cm³/mol. The van der Waals surface area contributed by atoms with Gasteiger partial charge in [0.05, 0.1) is 0 Å². The summed E-state index contributed by atoms with van der Waals surface area (Å²) in [5.74, 6) is 0.767. The van der Waals surface area contributed by atoms with Gasteiger partial charge >= 0.3 is 108 Å². The van der Waals surface area contributed by atoms with Crippen LogP contribution in [0.2, 0.25) is 0 Å². The Labute approximate surface area is 108 Å². The molecule has 1 aliphatic rings. The van der Waals surface area contributed by atoms with Crippen molar-refractivity contribution in [2.24, 2.45) is 5.92 Å². The Hall–Kier alpha value is -0.861.